The lowest BCUT2D eigenvalue weighted by atomic mass is 10.1. The molecule has 2 aromatic rings. The van der Waals surface area contributed by atoms with Gasteiger partial charge in [-0.25, -0.2) is 4.39 Å². The lowest BCUT2D eigenvalue weighted by Crippen LogP contribution is -2.23. The van der Waals surface area contributed by atoms with Crippen LogP contribution in [0.1, 0.15) is 11.7 Å². The second-order valence-corrected chi connectivity index (χ2v) is 5.15. The maximum atomic E-state index is 13.2. The van der Waals surface area contributed by atoms with Crippen LogP contribution in [0.25, 0.3) is 0 Å². The standard InChI is InChI=1S/C14H10Cl2FNO/c15-9-3-1-8(2-4-9)13-7-18-12-6-10(17)5-11(16)14(12)19-13/h1-6,13,18H,7H2. The number of hydrogen-bond donors (Lipinski definition) is 1. The van der Waals surface area contributed by atoms with Gasteiger partial charge in [-0.1, -0.05) is 35.3 Å². The van der Waals surface area contributed by atoms with E-state index in [4.69, 9.17) is 27.9 Å². The van der Waals surface area contributed by atoms with Crippen molar-refractivity contribution in [3.63, 3.8) is 0 Å². The number of rotatable bonds is 1. The quantitative estimate of drug-likeness (QED) is 0.825. The van der Waals surface area contributed by atoms with Gasteiger partial charge < -0.3 is 10.1 Å². The summed E-state index contributed by atoms with van der Waals surface area (Å²) in [4.78, 5) is 0. The molecule has 0 aromatic heterocycles. The molecule has 1 atom stereocenters. The first-order valence-electron chi connectivity index (χ1n) is 5.78. The molecule has 1 aliphatic rings. The Balaban J connectivity index is 1.92. The van der Waals surface area contributed by atoms with Gasteiger partial charge in [-0.15, -0.1) is 0 Å². The molecule has 0 aliphatic carbocycles. The Labute approximate surface area is 120 Å². The molecule has 19 heavy (non-hydrogen) atoms. The molecule has 0 saturated heterocycles. The summed E-state index contributed by atoms with van der Waals surface area (Å²) in [6, 6.07) is 10.0. The second kappa shape index (κ2) is 4.91. The summed E-state index contributed by atoms with van der Waals surface area (Å²) in [5, 5.41) is 4.06. The number of ether oxygens (including phenoxy) is 1. The van der Waals surface area contributed by atoms with Crippen molar-refractivity contribution in [2.45, 2.75) is 6.10 Å². The van der Waals surface area contributed by atoms with Gasteiger partial charge in [-0.2, -0.15) is 0 Å². The van der Waals surface area contributed by atoms with E-state index in [1.807, 2.05) is 24.3 Å². The Morgan fingerprint density at radius 1 is 1.16 bits per heavy atom. The van der Waals surface area contributed by atoms with Crippen LogP contribution in [0.3, 0.4) is 0 Å². The van der Waals surface area contributed by atoms with E-state index in [0.717, 1.165) is 5.56 Å². The van der Waals surface area contributed by atoms with Crippen LogP contribution in [0.2, 0.25) is 10.0 Å². The lowest BCUT2D eigenvalue weighted by molar-refractivity contribution is 0.210. The number of benzene rings is 2. The summed E-state index contributed by atoms with van der Waals surface area (Å²) >= 11 is 11.9. The second-order valence-electron chi connectivity index (χ2n) is 4.30. The summed E-state index contributed by atoms with van der Waals surface area (Å²) in [5.41, 5.74) is 1.57. The van der Waals surface area contributed by atoms with Crippen LogP contribution in [-0.4, -0.2) is 6.54 Å². The highest BCUT2D eigenvalue weighted by atomic mass is 35.5. The Morgan fingerprint density at radius 2 is 1.89 bits per heavy atom. The minimum atomic E-state index is -0.384. The van der Waals surface area contributed by atoms with Gasteiger partial charge in [0.1, 0.15) is 11.9 Å². The third-order valence-electron chi connectivity index (χ3n) is 2.99. The van der Waals surface area contributed by atoms with E-state index >= 15 is 0 Å². The maximum Gasteiger partial charge on any atom is 0.162 e. The SMILES string of the molecule is Fc1cc(Cl)c2c(c1)NCC(c1ccc(Cl)cc1)O2. The summed E-state index contributed by atoms with van der Waals surface area (Å²) in [7, 11) is 0. The van der Waals surface area contributed by atoms with E-state index in [2.05, 4.69) is 5.32 Å². The molecule has 1 unspecified atom stereocenters. The molecule has 0 saturated carbocycles. The molecule has 98 valence electrons. The molecule has 2 nitrogen and oxygen atoms in total. The highest BCUT2D eigenvalue weighted by molar-refractivity contribution is 6.32. The molecular weight excluding hydrogens is 288 g/mol. The van der Waals surface area contributed by atoms with E-state index < -0.39 is 0 Å². The van der Waals surface area contributed by atoms with Crippen LogP contribution in [0.4, 0.5) is 10.1 Å². The Hall–Kier alpha value is -1.45. The Morgan fingerprint density at radius 3 is 2.63 bits per heavy atom. The molecule has 0 bridgehead atoms. The van der Waals surface area contributed by atoms with E-state index in [-0.39, 0.29) is 16.9 Å². The summed E-state index contributed by atoms with van der Waals surface area (Å²) in [6.45, 7) is 0.550. The van der Waals surface area contributed by atoms with E-state index in [1.165, 1.54) is 12.1 Å². The third-order valence-corrected chi connectivity index (χ3v) is 3.52. The lowest BCUT2D eigenvalue weighted by Gasteiger charge is -2.28. The van der Waals surface area contributed by atoms with Gasteiger partial charge >= 0.3 is 0 Å². The molecule has 5 heteroatoms. The zero-order valence-corrected chi connectivity index (χ0v) is 11.3. The molecule has 2 aromatic carbocycles. The normalized spacial score (nSPS) is 17.3. The van der Waals surface area contributed by atoms with Crippen LogP contribution < -0.4 is 10.1 Å². The zero-order valence-electron chi connectivity index (χ0n) is 9.79. The first kappa shape index (κ1) is 12.6. The predicted octanol–water partition coefficient (Wildman–Crippen LogP) is 4.68. The maximum absolute atomic E-state index is 13.2. The van der Waals surface area contributed by atoms with Gasteiger partial charge in [0.05, 0.1) is 17.3 Å². The van der Waals surface area contributed by atoms with Crippen LogP contribution in [-0.2, 0) is 0 Å². The fourth-order valence-corrected chi connectivity index (χ4v) is 2.44. The van der Waals surface area contributed by atoms with Crippen LogP contribution in [0, 0.1) is 5.82 Å². The van der Waals surface area contributed by atoms with Gasteiger partial charge in [-0.3, -0.25) is 0 Å². The molecule has 0 fully saturated rings. The molecule has 3 rings (SSSR count). The van der Waals surface area contributed by atoms with Gasteiger partial charge in [0.2, 0.25) is 0 Å². The third kappa shape index (κ3) is 2.48. The summed E-state index contributed by atoms with van der Waals surface area (Å²) in [5.74, 6) is 0.0964. The fourth-order valence-electron chi connectivity index (χ4n) is 2.06. The Kier molecular flexibility index (Phi) is 3.25. The van der Waals surface area contributed by atoms with Crippen molar-refractivity contribution in [3.05, 3.63) is 57.8 Å². The van der Waals surface area contributed by atoms with Gasteiger partial charge in [0, 0.05) is 11.1 Å². The van der Waals surface area contributed by atoms with E-state index in [1.54, 1.807) is 0 Å². The summed E-state index contributed by atoms with van der Waals surface area (Å²) in [6.07, 6.45) is -0.173. The zero-order chi connectivity index (χ0) is 13.4. The molecule has 0 amide bonds. The van der Waals surface area contributed by atoms with Crippen LogP contribution in [0.5, 0.6) is 5.75 Å². The molecule has 0 spiro atoms. The number of nitrogens with one attached hydrogen (secondary N) is 1. The van der Waals surface area contributed by atoms with E-state index in [0.29, 0.717) is 23.0 Å². The van der Waals surface area contributed by atoms with Crippen molar-refractivity contribution < 1.29 is 9.13 Å². The largest absolute Gasteiger partial charge is 0.480 e. The minimum Gasteiger partial charge on any atom is -0.480 e. The Bertz CT molecular complexity index is 616. The number of anilines is 1. The van der Waals surface area contributed by atoms with Crippen molar-refractivity contribution in [2.75, 3.05) is 11.9 Å². The first-order chi connectivity index (χ1) is 9.13. The molecular formula is C14H10Cl2FNO. The highest BCUT2D eigenvalue weighted by Crippen LogP contribution is 2.40. The van der Waals surface area contributed by atoms with Crippen LogP contribution in [0.15, 0.2) is 36.4 Å². The minimum absolute atomic E-state index is 0.173. The topological polar surface area (TPSA) is 21.3 Å². The van der Waals surface area contributed by atoms with Crippen molar-refractivity contribution in [3.8, 4) is 5.75 Å². The van der Waals surface area contributed by atoms with Crippen molar-refractivity contribution in [2.24, 2.45) is 0 Å². The first-order valence-corrected chi connectivity index (χ1v) is 6.54. The van der Waals surface area contributed by atoms with Crippen molar-refractivity contribution >= 4 is 28.9 Å². The van der Waals surface area contributed by atoms with Crippen molar-refractivity contribution in [1.82, 2.24) is 0 Å². The van der Waals surface area contributed by atoms with Crippen molar-refractivity contribution in [1.29, 1.82) is 0 Å². The molecule has 0 radical (unpaired) electrons. The number of fused-ring (bicyclic) bond motifs is 1. The average Bonchev–Trinajstić information content (AvgIpc) is 2.39. The van der Waals surface area contributed by atoms with E-state index in [9.17, 15) is 4.39 Å². The number of hydrogen-bond acceptors (Lipinski definition) is 2. The highest BCUT2D eigenvalue weighted by Gasteiger charge is 2.23. The monoisotopic (exact) mass is 297 g/mol. The van der Waals surface area contributed by atoms with Gasteiger partial charge in [0.25, 0.3) is 0 Å². The van der Waals surface area contributed by atoms with Gasteiger partial charge in [-0.05, 0) is 23.8 Å². The fraction of sp³-hybridized carbons (Fsp3) is 0.143. The van der Waals surface area contributed by atoms with Gasteiger partial charge in [0.15, 0.2) is 5.75 Å². The van der Waals surface area contributed by atoms with Crippen LogP contribution >= 0.6 is 23.2 Å². The molecule has 1 heterocycles. The average molecular weight is 298 g/mol. The predicted molar refractivity (Wildman–Crippen MR) is 74.7 cm³/mol. The smallest absolute Gasteiger partial charge is 0.162 e. The summed E-state index contributed by atoms with van der Waals surface area (Å²) < 4.78 is 19.1. The molecule has 1 N–H and O–H groups in total. The number of halogens is 3. The molecule has 1 aliphatic heterocycles.